The van der Waals surface area contributed by atoms with Crippen molar-refractivity contribution in [2.75, 3.05) is 0 Å². The Labute approximate surface area is 192 Å². The second-order valence-electron chi connectivity index (χ2n) is 13.1. The van der Waals surface area contributed by atoms with Crippen LogP contribution >= 0.6 is 0 Å². The molecule has 4 aliphatic carbocycles. The van der Waals surface area contributed by atoms with Crippen LogP contribution in [0, 0.1) is 52.3 Å². The van der Waals surface area contributed by atoms with Gasteiger partial charge in [-0.15, -0.1) is 0 Å². The van der Waals surface area contributed by atoms with Gasteiger partial charge in [0.05, 0.1) is 11.7 Å². The average Bonchev–Trinajstić information content (AvgIpc) is 3.06. The molecule has 10 atom stereocenters. The molecule has 0 amide bonds. The molecule has 0 aromatic carbocycles. The summed E-state index contributed by atoms with van der Waals surface area (Å²) in [5.41, 5.74) is -0.413. The van der Waals surface area contributed by atoms with Crippen molar-refractivity contribution in [3.63, 3.8) is 0 Å². The second-order valence-corrected chi connectivity index (χ2v) is 13.1. The maximum atomic E-state index is 11.5. The Morgan fingerprint density at radius 3 is 2.39 bits per heavy atom. The lowest BCUT2D eigenvalue weighted by Crippen LogP contribution is -2.60. The van der Waals surface area contributed by atoms with Crippen LogP contribution in [0.5, 0.6) is 0 Å². The third-order valence-electron chi connectivity index (χ3n) is 11.5. The topological polar surface area (TPSA) is 40.5 Å². The van der Waals surface area contributed by atoms with Crippen molar-refractivity contribution in [2.45, 2.75) is 117 Å². The van der Waals surface area contributed by atoms with E-state index >= 15 is 0 Å². The van der Waals surface area contributed by atoms with Crippen molar-refractivity contribution in [1.29, 1.82) is 0 Å². The van der Waals surface area contributed by atoms with Gasteiger partial charge in [-0.05, 0) is 91.8 Å². The lowest BCUT2D eigenvalue weighted by molar-refractivity contribution is -0.167. The molecule has 2 heteroatoms. The van der Waals surface area contributed by atoms with E-state index in [1.807, 2.05) is 0 Å². The SMILES string of the molecule is CCC(CC[C@@H](C)[C@H]1CC[C@H]2[C@@H]3C=CC4(O)C[C@@H](O)CC[C@]4(C)[C@H]3CC[C@]12C)C(C)C. The smallest absolute Gasteiger partial charge is 0.0908 e. The van der Waals surface area contributed by atoms with Crippen LogP contribution in [0.15, 0.2) is 12.2 Å². The molecule has 0 aromatic rings. The normalized spacial score (nSPS) is 48.7. The summed E-state index contributed by atoms with van der Waals surface area (Å²) >= 11 is 0. The molecule has 178 valence electrons. The molecular formula is C29H50O2. The van der Waals surface area contributed by atoms with Crippen molar-refractivity contribution >= 4 is 0 Å². The highest BCUT2D eigenvalue weighted by atomic mass is 16.3. The van der Waals surface area contributed by atoms with Gasteiger partial charge in [-0.25, -0.2) is 0 Å². The Morgan fingerprint density at radius 1 is 0.968 bits per heavy atom. The number of allylic oxidation sites excluding steroid dienone is 1. The lowest BCUT2D eigenvalue weighted by Gasteiger charge is -2.61. The van der Waals surface area contributed by atoms with E-state index in [0.29, 0.717) is 23.7 Å². The monoisotopic (exact) mass is 430 g/mol. The van der Waals surface area contributed by atoms with Gasteiger partial charge in [0.15, 0.2) is 0 Å². The van der Waals surface area contributed by atoms with Gasteiger partial charge in [-0.3, -0.25) is 0 Å². The maximum absolute atomic E-state index is 11.5. The average molecular weight is 431 g/mol. The van der Waals surface area contributed by atoms with Crippen LogP contribution in [0.25, 0.3) is 0 Å². The molecule has 2 nitrogen and oxygen atoms in total. The third-order valence-corrected chi connectivity index (χ3v) is 11.5. The maximum Gasteiger partial charge on any atom is 0.0908 e. The molecule has 3 fully saturated rings. The predicted molar refractivity (Wildman–Crippen MR) is 130 cm³/mol. The second kappa shape index (κ2) is 8.46. The van der Waals surface area contributed by atoms with Crippen molar-refractivity contribution in [2.24, 2.45) is 52.3 Å². The molecule has 4 rings (SSSR count). The van der Waals surface area contributed by atoms with Crippen molar-refractivity contribution in [3.8, 4) is 0 Å². The minimum atomic E-state index is -0.809. The quantitative estimate of drug-likeness (QED) is 0.446. The number of rotatable bonds is 6. The van der Waals surface area contributed by atoms with Gasteiger partial charge in [-0.2, -0.15) is 0 Å². The largest absolute Gasteiger partial charge is 0.393 e. The summed E-state index contributed by atoms with van der Waals surface area (Å²) in [6.07, 6.45) is 16.0. The highest BCUT2D eigenvalue weighted by molar-refractivity contribution is 5.24. The molecule has 0 spiro atoms. The van der Waals surface area contributed by atoms with Crippen LogP contribution in [-0.4, -0.2) is 21.9 Å². The summed E-state index contributed by atoms with van der Waals surface area (Å²) in [5, 5.41) is 21.8. The fourth-order valence-corrected chi connectivity index (χ4v) is 9.28. The van der Waals surface area contributed by atoms with Crippen molar-refractivity contribution in [3.05, 3.63) is 12.2 Å². The van der Waals surface area contributed by atoms with E-state index in [4.69, 9.17) is 0 Å². The Balaban J connectivity index is 1.51. The van der Waals surface area contributed by atoms with Crippen LogP contribution in [0.3, 0.4) is 0 Å². The highest BCUT2D eigenvalue weighted by Gasteiger charge is 2.63. The zero-order valence-electron chi connectivity index (χ0n) is 21.2. The number of hydrogen-bond acceptors (Lipinski definition) is 2. The summed E-state index contributed by atoms with van der Waals surface area (Å²) in [6.45, 7) is 14.7. The Kier molecular flexibility index (Phi) is 6.50. The third kappa shape index (κ3) is 3.76. The number of aliphatic hydroxyl groups is 2. The van der Waals surface area contributed by atoms with Gasteiger partial charge in [0.2, 0.25) is 0 Å². The van der Waals surface area contributed by atoms with Crippen LogP contribution < -0.4 is 0 Å². The zero-order valence-corrected chi connectivity index (χ0v) is 21.2. The van der Waals surface area contributed by atoms with E-state index in [-0.39, 0.29) is 11.5 Å². The number of hydrogen-bond donors (Lipinski definition) is 2. The fraction of sp³-hybridized carbons (Fsp3) is 0.931. The molecule has 0 aliphatic heterocycles. The van der Waals surface area contributed by atoms with Crippen molar-refractivity contribution in [1.82, 2.24) is 0 Å². The minimum absolute atomic E-state index is 0.0672. The van der Waals surface area contributed by atoms with E-state index in [9.17, 15) is 10.2 Å². The first-order valence-electron chi connectivity index (χ1n) is 13.7. The summed E-state index contributed by atoms with van der Waals surface area (Å²) in [6, 6.07) is 0. The van der Waals surface area contributed by atoms with Crippen molar-refractivity contribution < 1.29 is 10.2 Å². The molecule has 2 N–H and O–H groups in total. The van der Waals surface area contributed by atoms with Gasteiger partial charge < -0.3 is 10.2 Å². The van der Waals surface area contributed by atoms with E-state index < -0.39 is 5.60 Å². The van der Waals surface area contributed by atoms with Crippen LogP contribution in [0.1, 0.15) is 106 Å². The lowest BCUT2D eigenvalue weighted by atomic mass is 9.45. The van der Waals surface area contributed by atoms with Gasteiger partial charge in [-0.1, -0.05) is 66.5 Å². The molecule has 4 aliphatic rings. The molecule has 31 heavy (non-hydrogen) atoms. The first-order chi connectivity index (χ1) is 14.6. The fourth-order valence-electron chi connectivity index (χ4n) is 9.28. The summed E-state index contributed by atoms with van der Waals surface area (Å²) < 4.78 is 0. The van der Waals surface area contributed by atoms with E-state index in [1.165, 1.54) is 44.9 Å². The Bertz CT molecular complexity index is 670. The Morgan fingerprint density at radius 2 is 1.71 bits per heavy atom. The summed E-state index contributed by atoms with van der Waals surface area (Å²) in [4.78, 5) is 0. The van der Waals surface area contributed by atoms with Crippen LogP contribution in [0.2, 0.25) is 0 Å². The summed E-state index contributed by atoms with van der Waals surface area (Å²) in [5.74, 6) is 5.34. The molecule has 0 aromatic heterocycles. The standard InChI is InChI=1S/C29H50O2/c1-7-21(19(2)3)9-8-20(4)24-10-11-25-23-13-17-29(31)18-22(30)12-16-28(29,6)26(23)14-15-27(24,25)5/h13,17,19-26,30-31H,7-12,14-16,18H2,1-6H3/t20-,21?,22+,23+,24-,25+,26+,27-,28-,29?/m1/s1. The first kappa shape index (κ1) is 23.8. The van der Waals surface area contributed by atoms with Crippen LogP contribution in [0.4, 0.5) is 0 Å². The van der Waals surface area contributed by atoms with Gasteiger partial charge >= 0.3 is 0 Å². The molecule has 0 radical (unpaired) electrons. The van der Waals surface area contributed by atoms with Gasteiger partial charge in [0.1, 0.15) is 0 Å². The van der Waals surface area contributed by atoms with Crippen LogP contribution in [-0.2, 0) is 0 Å². The molecular weight excluding hydrogens is 380 g/mol. The van der Waals surface area contributed by atoms with E-state index in [1.54, 1.807) is 0 Å². The minimum Gasteiger partial charge on any atom is -0.393 e. The van der Waals surface area contributed by atoms with Gasteiger partial charge in [0.25, 0.3) is 0 Å². The molecule has 3 saturated carbocycles. The van der Waals surface area contributed by atoms with E-state index in [2.05, 4.69) is 53.7 Å². The molecule has 0 heterocycles. The molecule has 0 saturated heterocycles. The molecule has 0 bridgehead atoms. The number of fused-ring (bicyclic) bond motifs is 5. The Hall–Kier alpha value is -0.340. The van der Waals surface area contributed by atoms with E-state index in [0.717, 1.165) is 42.4 Å². The first-order valence-corrected chi connectivity index (χ1v) is 13.7. The summed E-state index contributed by atoms with van der Waals surface area (Å²) in [7, 11) is 0. The predicted octanol–water partition coefficient (Wildman–Crippen LogP) is 7.00. The van der Waals surface area contributed by atoms with Gasteiger partial charge in [0, 0.05) is 11.8 Å². The molecule has 2 unspecified atom stereocenters. The highest BCUT2D eigenvalue weighted by Crippen LogP contribution is 2.67. The zero-order chi connectivity index (χ0) is 22.6. The number of aliphatic hydroxyl groups excluding tert-OH is 1.